The summed E-state index contributed by atoms with van der Waals surface area (Å²) in [5, 5.41) is 3.41. The minimum Gasteiger partial charge on any atom is -0.372 e. The Bertz CT molecular complexity index is 441. The Morgan fingerprint density at radius 1 is 0.818 bits per heavy atom. The molecular weight excluding hydrogens is 315 g/mol. The van der Waals surface area contributed by atoms with Crippen LogP contribution >= 0.6 is 24.8 Å². The van der Waals surface area contributed by atoms with Gasteiger partial charge in [0.2, 0.25) is 0 Å². The van der Waals surface area contributed by atoms with Crippen molar-refractivity contribution in [2.75, 3.05) is 31.1 Å². The van der Waals surface area contributed by atoms with Gasteiger partial charge in [0.1, 0.15) is 0 Å². The maximum atomic E-state index is 3.41. The van der Waals surface area contributed by atoms with E-state index in [0.717, 1.165) is 13.1 Å². The Balaban J connectivity index is 0.00000121. The Morgan fingerprint density at radius 2 is 1.41 bits per heavy atom. The van der Waals surface area contributed by atoms with Crippen LogP contribution in [0.25, 0.3) is 6.08 Å². The standard InChI is InChI=1S/C18H26N2.2ClH/c1-2-4-14-20(13-3-1)18-7-5-16(6-8-18)15-17-9-11-19-12-10-17;;/h5-8,15,19H,1-4,9-14H2;2*1H. The maximum Gasteiger partial charge on any atom is 0.0366 e. The van der Waals surface area contributed by atoms with E-state index in [1.807, 2.05) is 0 Å². The smallest absolute Gasteiger partial charge is 0.0366 e. The Kier molecular flexibility index (Phi) is 8.92. The number of piperidine rings is 1. The van der Waals surface area contributed by atoms with E-state index in [1.54, 1.807) is 5.57 Å². The summed E-state index contributed by atoms with van der Waals surface area (Å²) in [5.41, 5.74) is 4.35. The first-order chi connectivity index (χ1) is 9.92. The number of benzene rings is 1. The fourth-order valence-electron chi connectivity index (χ4n) is 3.24. The molecule has 1 N–H and O–H groups in total. The normalized spacial score (nSPS) is 18.7. The largest absolute Gasteiger partial charge is 0.372 e. The van der Waals surface area contributed by atoms with E-state index < -0.39 is 0 Å². The molecule has 0 saturated carbocycles. The van der Waals surface area contributed by atoms with Gasteiger partial charge >= 0.3 is 0 Å². The Hall–Kier alpha value is -0.700. The third-order valence-corrected chi connectivity index (χ3v) is 4.48. The third kappa shape index (κ3) is 5.49. The Morgan fingerprint density at radius 3 is 2.00 bits per heavy atom. The lowest BCUT2D eigenvalue weighted by atomic mass is 10.0. The second-order valence-electron chi connectivity index (χ2n) is 6.05. The molecule has 0 unspecified atom stereocenters. The van der Waals surface area contributed by atoms with Crippen molar-refractivity contribution in [2.45, 2.75) is 38.5 Å². The van der Waals surface area contributed by atoms with E-state index in [0.29, 0.717) is 0 Å². The van der Waals surface area contributed by atoms with Crippen LogP contribution in [0.2, 0.25) is 0 Å². The molecule has 2 saturated heterocycles. The van der Waals surface area contributed by atoms with Gasteiger partial charge in [-0.05, 0) is 56.5 Å². The minimum atomic E-state index is 0. The number of hydrogen-bond acceptors (Lipinski definition) is 2. The van der Waals surface area contributed by atoms with Crippen LogP contribution in [0, 0.1) is 0 Å². The third-order valence-electron chi connectivity index (χ3n) is 4.48. The first kappa shape index (κ1) is 19.3. The summed E-state index contributed by atoms with van der Waals surface area (Å²) < 4.78 is 0. The maximum absolute atomic E-state index is 3.41. The molecule has 22 heavy (non-hydrogen) atoms. The highest BCUT2D eigenvalue weighted by molar-refractivity contribution is 5.85. The van der Waals surface area contributed by atoms with Crippen LogP contribution < -0.4 is 10.2 Å². The van der Waals surface area contributed by atoms with Gasteiger partial charge in [0.15, 0.2) is 0 Å². The van der Waals surface area contributed by atoms with Gasteiger partial charge < -0.3 is 10.2 Å². The highest BCUT2D eigenvalue weighted by atomic mass is 35.5. The van der Waals surface area contributed by atoms with Crippen molar-refractivity contribution in [2.24, 2.45) is 0 Å². The van der Waals surface area contributed by atoms with Gasteiger partial charge in [-0.1, -0.05) is 36.6 Å². The van der Waals surface area contributed by atoms with Gasteiger partial charge in [-0.2, -0.15) is 0 Å². The predicted molar refractivity (Wildman–Crippen MR) is 102 cm³/mol. The zero-order chi connectivity index (χ0) is 13.6. The van der Waals surface area contributed by atoms with E-state index in [2.05, 4.69) is 40.6 Å². The first-order valence-electron chi connectivity index (χ1n) is 8.17. The summed E-state index contributed by atoms with van der Waals surface area (Å²) in [6, 6.07) is 9.18. The van der Waals surface area contributed by atoms with E-state index >= 15 is 0 Å². The van der Waals surface area contributed by atoms with Gasteiger partial charge in [-0.3, -0.25) is 0 Å². The summed E-state index contributed by atoms with van der Waals surface area (Å²) >= 11 is 0. The zero-order valence-corrected chi connectivity index (χ0v) is 14.9. The summed E-state index contributed by atoms with van der Waals surface area (Å²) in [6.07, 6.45) is 10.3. The highest BCUT2D eigenvalue weighted by Crippen LogP contribution is 2.22. The molecule has 1 aromatic carbocycles. The van der Waals surface area contributed by atoms with Gasteiger partial charge in [0.05, 0.1) is 0 Å². The molecule has 2 heterocycles. The topological polar surface area (TPSA) is 15.3 Å². The molecule has 2 aliphatic rings. The molecule has 0 aromatic heterocycles. The molecule has 0 radical (unpaired) electrons. The fraction of sp³-hybridized carbons (Fsp3) is 0.556. The highest BCUT2D eigenvalue weighted by Gasteiger charge is 2.09. The predicted octanol–water partition coefficient (Wildman–Crippen LogP) is 4.68. The van der Waals surface area contributed by atoms with E-state index in [-0.39, 0.29) is 24.8 Å². The molecule has 4 heteroatoms. The average Bonchev–Trinajstić information content (AvgIpc) is 2.78. The van der Waals surface area contributed by atoms with Crippen molar-refractivity contribution in [1.82, 2.24) is 5.32 Å². The average molecular weight is 343 g/mol. The molecule has 1 aromatic rings. The SMILES string of the molecule is C(=C1CCNCC1)c1ccc(N2CCCCCC2)cc1.Cl.Cl. The van der Waals surface area contributed by atoms with Crippen LogP contribution in [0.3, 0.4) is 0 Å². The number of nitrogens with one attached hydrogen (secondary N) is 1. The quantitative estimate of drug-likeness (QED) is 0.839. The molecule has 2 nitrogen and oxygen atoms in total. The molecule has 2 aliphatic heterocycles. The number of nitrogens with zero attached hydrogens (tertiary/aromatic N) is 1. The lowest BCUT2D eigenvalue weighted by molar-refractivity contribution is 0.613. The molecular formula is C18H28Cl2N2. The molecule has 124 valence electrons. The minimum absolute atomic E-state index is 0. The van der Waals surface area contributed by atoms with Crippen molar-refractivity contribution in [1.29, 1.82) is 0 Å². The molecule has 0 bridgehead atoms. The Labute approximate surface area is 147 Å². The monoisotopic (exact) mass is 342 g/mol. The second-order valence-corrected chi connectivity index (χ2v) is 6.05. The van der Waals surface area contributed by atoms with Crippen LogP contribution in [0.15, 0.2) is 29.8 Å². The lowest BCUT2D eigenvalue weighted by Crippen LogP contribution is -2.23. The second kappa shape index (κ2) is 10.1. The van der Waals surface area contributed by atoms with Crippen LogP contribution in [0.5, 0.6) is 0 Å². The van der Waals surface area contributed by atoms with Gasteiger partial charge in [-0.15, -0.1) is 24.8 Å². The molecule has 0 aliphatic carbocycles. The van der Waals surface area contributed by atoms with Crippen molar-refractivity contribution >= 4 is 36.6 Å². The van der Waals surface area contributed by atoms with Gasteiger partial charge in [0.25, 0.3) is 0 Å². The number of hydrogen-bond donors (Lipinski definition) is 1. The summed E-state index contributed by atoms with van der Waals surface area (Å²) in [7, 11) is 0. The van der Waals surface area contributed by atoms with E-state index in [4.69, 9.17) is 0 Å². The summed E-state index contributed by atoms with van der Waals surface area (Å²) in [4.78, 5) is 2.55. The van der Waals surface area contributed by atoms with E-state index in [1.165, 1.54) is 62.9 Å². The molecule has 2 fully saturated rings. The van der Waals surface area contributed by atoms with Gasteiger partial charge in [-0.25, -0.2) is 0 Å². The van der Waals surface area contributed by atoms with Gasteiger partial charge in [0, 0.05) is 18.8 Å². The van der Waals surface area contributed by atoms with Crippen molar-refractivity contribution in [3.8, 4) is 0 Å². The van der Waals surface area contributed by atoms with Crippen LogP contribution in [0.4, 0.5) is 5.69 Å². The van der Waals surface area contributed by atoms with Crippen LogP contribution in [0.1, 0.15) is 44.1 Å². The van der Waals surface area contributed by atoms with Crippen molar-refractivity contribution < 1.29 is 0 Å². The lowest BCUT2D eigenvalue weighted by Gasteiger charge is -2.22. The first-order valence-corrected chi connectivity index (χ1v) is 8.17. The number of anilines is 1. The van der Waals surface area contributed by atoms with Crippen molar-refractivity contribution in [3.05, 3.63) is 35.4 Å². The van der Waals surface area contributed by atoms with Crippen molar-refractivity contribution in [3.63, 3.8) is 0 Å². The number of halogens is 2. The number of rotatable bonds is 2. The molecule has 0 atom stereocenters. The fourth-order valence-corrected chi connectivity index (χ4v) is 3.24. The summed E-state index contributed by atoms with van der Waals surface area (Å²) in [5.74, 6) is 0. The zero-order valence-electron chi connectivity index (χ0n) is 13.2. The van der Waals surface area contributed by atoms with E-state index in [9.17, 15) is 0 Å². The molecule has 3 rings (SSSR count). The van der Waals surface area contributed by atoms with Crippen LogP contribution in [-0.4, -0.2) is 26.2 Å². The van der Waals surface area contributed by atoms with Crippen LogP contribution in [-0.2, 0) is 0 Å². The molecule has 0 spiro atoms. The molecule has 0 amide bonds. The summed E-state index contributed by atoms with van der Waals surface area (Å²) in [6.45, 7) is 4.73.